The molecule has 456 valence electrons. The van der Waals surface area contributed by atoms with Gasteiger partial charge in [-0.3, -0.25) is 0 Å². The van der Waals surface area contributed by atoms with E-state index < -0.39 is 20.2 Å². The number of hydrogen-bond donors (Lipinski definition) is 0. The molecule has 0 radical (unpaired) electrons. The first-order valence-corrected chi connectivity index (χ1v) is 36.8. The van der Waals surface area contributed by atoms with Gasteiger partial charge >= 0.3 is 48.9 Å². The van der Waals surface area contributed by atoms with Crippen LogP contribution in [0.15, 0.2) is 70.5 Å². The zero-order chi connectivity index (χ0) is 57.8. The van der Waals surface area contributed by atoms with Crippen molar-refractivity contribution in [1.29, 1.82) is 0 Å². The summed E-state index contributed by atoms with van der Waals surface area (Å²) in [5.74, 6) is 0. The number of benzene rings is 4. The monoisotopic (exact) mass is 1280 g/mol. The fraction of sp³-hybridized carbons (Fsp3) is 0.722. The molecule has 0 unspecified atom stereocenters. The fourth-order valence-corrected chi connectivity index (χ4v) is 13.5. The smallest absolute Gasteiger partial charge is 0.744 e. The summed E-state index contributed by atoms with van der Waals surface area (Å²) in [7, 11) is -9.00. The summed E-state index contributed by atoms with van der Waals surface area (Å²) in [6, 6.07) is 19.8. The Kier molecular flexibility index (Phi) is 45.8. The third-order valence-corrected chi connectivity index (χ3v) is 18.9. The molecule has 0 N–H and O–H groups in total. The standard InChI is InChI=1S/2C36H60O3S.Ba/c2*1-3-5-7-9-11-13-15-17-19-21-23-26-32-28-25-29-33-30-34(36(31-35(32)33)40(37,38)39)27-24-22-20-18-16-14-12-10-8-6-4-2;/h2*25,28-31H,3-24,26-27H2,1-2H3,(H,37,38,39);/q;;+2/p-2. The fourth-order valence-electron chi connectivity index (χ4n) is 12.0. The van der Waals surface area contributed by atoms with Crippen molar-refractivity contribution in [2.45, 2.75) is 346 Å². The van der Waals surface area contributed by atoms with Crippen molar-refractivity contribution in [2.75, 3.05) is 0 Å². The first-order chi connectivity index (χ1) is 38.9. The van der Waals surface area contributed by atoms with E-state index in [1.54, 1.807) is 12.1 Å². The third-order valence-electron chi connectivity index (χ3n) is 17.0. The quantitative estimate of drug-likeness (QED) is 0.0247. The van der Waals surface area contributed by atoms with Gasteiger partial charge in [-0.2, -0.15) is 0 Å². The summed E-state index contributed by atoms with van der Waals surface area (Å²) < 4.78 is 73.3. The molecular formula is C72H118BaO6S2. The van der Waals surface area contributed by atoms with Crippen LogP contribution in [-0.2, 0) is 45.9 Å². The van der Waals surface area contributed by atoms with E-state index in [4.69, 9.17) is 0 Å². The summed E-state index contributed by atoms with van der Waals surface area (Å²) in [4.78, 5) is -0.00284. The molecule has 0 bridgehead atoms. The Labute approximate surface area is 540 Å². The molecule has 0 amide bonds. The van der Waals surface area contributed by atoms with E-state index in [9.17, 15) is 25.9 Å². The molecule has 0 fully saturated rings. The van der Waals surface area contributed by atoms with Gasteiger partial charge in [0.15, 0.2) is 0 Å². The molecule has 0 aliphatic rings. The minimum absolute atomic E-state index is 0. The molecule has 0 aromatic heterocycles. The minimum atomic E-state index is -4.50. The van der Waals surface area contributed by atoms with Crippen molar-refractivity contribution in [3.8, 4) is 0 Å². The number of fused-ring (bicyclic) bond motifs is 2. The Bertz CT molecular complexity index is 2230. The molecule has 4 aromatic rings. The predicted octanol–water partition coefficient (Wildman–Crippen LogP) is 22.5. The van der Waals surface area contributed by atoms with Crippen LogP contribution in [0.1, 0.15) is 332 Å². The second-order valence-corrected chi connectivity index (χ2v) is 26.9. The van der Waals surface area contributed by atoms with E-state index in [1.807, 2.05) is 12.1 Å². The normalized spacial score (nSPS) is 11.8. The van der Waals surface area contributed by atoms with Gasteiger partial charge in [-0.15, -0.1) is 0 Å². The summed E-state index contributed by atoms with van der Waals surface area (Å²) in [6.45, 7) is 9.04. The Morgan fingerprint density at radius 2 is 0.469 bits per heavy atom. The first kappa shape index (κ1) is 75.9. The second kappa shape index (κ2) is 48.9. The molecule has 4 rings (SSSR count). The van der Waals surface area contributed by atoms with Crippen LogP contribution in [0.3, 0.4) is 0 Å². The molecule has 0 saturated heterocycles. The van der Waals surface area contributed by atoms with Gasteiger partial charge in [0.1, 0.15) is 20.2 Å². The molecule has 0 aliphatic carbocycles. The van der Waals surface area contributed by atoms with Crippen LogP contribution in [0.4, 0.5) is 0 Å². The van der Waals surface area contributed by atoms with Crippen molar-refractivity contribution in [3.63, 3.8) is 0 Å². The Balaban J connectivity index is 0.000000547. The molecule has 4 aromatic carbocycles. The van der Waals surface area contributed by atoms with E-state index >= 15 is 0 Å². The Morgan fingerprint density at radius 3 is 0.679 bits per heavy atom. The summed E-state index contributed by atoms with van der Waals surface area (Å²) in [6.07, 6.45) is 59.7. The van der Waals surface area contributed by atoms with Crippen LogP contribution in [0, 0.1) is 0 Å². The molecular weight excluding hydrogens is 1160 g/mol. The van der Waals surface area contributed by atoms with Crippen molar-refractivity contribution < 1.29 is 25.9 Å². The maximum Gasteiger partial charge on any atom is 2.00 e. The topological polar surface area (TPSA) is 114 Å². The zero-order valence-electron chi connectivity index (χ0n) is 52.7. The molecule has 0 atom stereocenters. The molecule has 0 saturated carbocycles. The predicted molar refractivity (Wildman–Crippen MR) is 350 cm³/mol. The SMILES string of the molecule is CCCCCCCCCCCCCc1cc2cccc(CCCCCCCCCCCCC)c2cc1S(=O)(=O)[O-].CCCCCCCCCCCCCc1cc2cccc(CCCCCCCCCCCCC)c2cc1S(=O)(=O)[O-].[Ba+2]. The van der Waals surface area contributed by atoms with E-state index in [1.165, 1.54) is 255 Å². The van der Waals surface area contributed by atoms with Crippen LogP contribution < -0.4 is 0 Å². The van der Waals surface area contributed by atoms with Crippen LogP contribution in [-0.4, -0.2) is 74.8 Å². The van der Waals surface area contributed by atoms with Gasteiger partial charge in [0.05, 0.1) is 9.79 Å². The number of hydrogen-bond acceptors (Lipinski definition) is 6. The van der Waals surface area contributed by atoms with Gasteiger partial charge in [0.2, 0.25) is 0 Å². The van der Waals surface area contributed by atoms with Crippen molar-refractivity contribution in [1.82, 2.24) is 0 Å². The van der Waals surface area contributed by atoms with Gasteiger partial charge in [-0.25, -0.2) is 16.8 Å². The van der Waals surface area contributed by atoms with Crippen molar-refractivity contribution in [3.05, 3.63) is 82.9 Å². The average Bonchev–Trinajstić information content (AvgIpc) is 3.44. The van der Waals surface area contributed by atoms with Crippen molar-refractivity contribution >= 4 is 90.7 Å². The van der Waals surface area contributed by atoms with Crippen LogP contribution >= 0.6 is 0 Å². The number of rotatable bonds is 50. The maximum atomic E-state index is 12.2. The molecule has 0 heterocycles. The maximum absolute atomic E-state index is 12.2. The van der Waals surface area contributed by atoms with E-state index in [0.717, 1.165) is 72.9 Å². The second-order valence-electron chi connectivity index (χ2n) is 24.2. The summed E-state index contributed by atoms with van der Waals surface area (Å²) in [5, 5.41) is 4.00. The Hall–Kier alpha value is -1.21. The Morgan fingerprint density at radius 1 is 0.272 bits per heavy atom. The first-order valence-electron chi connectivity index (χ1n) is 33.9. The van der Waals surface area contributed by atoms with Crippen LogP contribution in [0.5, 0.6) is 0 Å². The molecule has 0 spiro atoms. The van der Waals surface area contributed by atoms with Gasteiger partial charge < -0.3 is 9.11 Å². The van der Waals surface area contributed by atoms with E-state index in [-0.39, 0.29) is 58.7 Å². The number of unbranched alkanes of at least 4 members (excludes halogenated alkanes) is 40. The molecule has 81 heavy (non-hydrogen) atoms. The van der Waals surface area contributed by atoms with E-state index in [0.29, 0.717) is 24.0 Å². The van der Waals surface area contributed by atoms with Crippen molar-refractivity contribution in [2.24, 2.45) is 0 Å². The molecule has 6 nitrogen and oxygen atoms in total. The zero-order valence-corrected chi connectivity index (χ0v) is 58.8. The van der Waals surface area contributed by atoms with Gasteiger partial charge in [-0.05, 0) is 119 Å². The third kappa shape index (κ3) is 35.3. The largest absolute Gasteiger partial charge is 2.00 e. The molecule has 0 aliphatic heterocycles. The summed E-state index contributed by atoms with van der Waals surface area (Å²) in [5.41, 5.74) is 3.73. The van der Waals surface area contributed by atoms with Gasteiger partial charge in [0, 0.05) is 0 Å². The van der Waals surface area contributed by atoms with Gasteiger partial charge in [0.25, 0.3) is 0 Å². The average molecular weight is 1280 g/mol. The van der Waals surface area contributed by atoms with E-state index in [2.05, 4.69) is 64.1 Å². The number of aryl methyl sites for hydroxylation is 4. The van der Waals surface area contributed by atoms with Gasteiger partial charge in [-0.1, -0.05) is 321 Å². The van der Waals surface area contributed by atoms with Crippen LogP contribution in [0.25, 0.3) is 21.5 Å². The minimum Gasteiger partial charge on any atom is -0.744 e. The van der Waals surface area contributed by atoms with Crippen LogP contribution in [0.2, 0.25) is 0 Å². The molecule has 9 heteroatoms. The summed E-state index contributed by atoms with van der Waals surface area (Å²) >= 11 is 0.